The summed E-state index contributed by atoms with van der Waals surface area (Å²) in [5.41, 5.74) is 0.113. The smallest absolute Gasteiger partial charge is 0.407 e. The Morgan fingerprint density at radius 1 is 1.42 bits per heavy atom. The number of nitrogens with one attached hydrogen (secondary N) is 1. The first-order valence-corrected chi connectivity index (χ1v) is 5.58. The van der Waals surface area contributed by atoms with Crippen LogP contribution in [0, 0.1) is 15.5 Å². The summed E-state index contributed by atoms with van der Waals surface area (Å²) in [5.74, 6) is 0. The van der Waals surface area contributed by atoms with E-state index < -0.39 is 22.5 Å². The van der Waals surface area contributed by atoms with Gasteiger partial charge in [-0.05, 0) is 0 Å². The van der Waals surface area contributed by atoms with Gasteiger partial charge in [0.2, 0.25) is 0 Å². The predicted molar refractivity (Wildman–Crippen MR) is 71.4 cm³/mol. The second-order valence-corrected chi connectivity index (χ2v) is 4.96. The van der Waals surface area contributed by atoms with Crippen LogP contribution in [0.2, 0.25) is 0 Å². The summed E-state index contributed by atoms with van der Waals surface area (Å²) < 4.78 is 4.93. The summed E-state index contributed by atoms with van der Waals surface area (Å²) >= 11 is 0. The number of halogens is 1. The van der Waals surface area contributed by atoms with Gasteiger partial charge in [0, 0.05) is 11.5 Å². The van der Waals surface area contributed by atoms with E-state index in [9.17, 15) is 14.9 Å². The van der Waals surface area contributed by atoms with E-state index in [0.717, 1.165) is 0 Å². The first-order valence-electron chi connectivity index (χ1n) is 5.58. The van der Waals surface area contributed by atoms with Gasteiger partial charge < -0.3 is 10.1 Å². The average molecular weight is 287 g/mol. The van der Waals surface area contributed by atoms with Crippen molar-refractivity contribution < 1.29 is 14.5 Å². The molecule has 1 aromatic carbocycles. The maximum absolute atomic E-state index is 11.3. The Balaban J connectivity index is 0.00000180. The van der Waals surface area contributed by atoms with Crippen LogP contribution in [0.1, 0.15) is 25.5 Å². The van der Waals surface area contributed by atoms with Crippen LogP contribution in [-0.2, 0) is 4.74 Å². The van der Waals surface area contributed by atoms with Crippen LogP contribution < -0.4 is 5.32 Å². The standard InChI is InChI=1S/C12H14N2O4.ClH/c1-12(2)7-18-11(15)13-10(12)8-5-3-4-6-9(8)14(16)17;/h3-6,10H,7H2,1-2H3,(H,13,15);1H/t10-;/m0./s1. The molecule has 2 rings (SSSR count). The fraction of sp³-hybridized carbons (Fsp3) is 0.417. The van der Waals surface area contributed by atoms with Crippen LogP contribution >= 0.6 is 12.4 Å². The second kappa shape index (κ2) is 5.44. The molecule has 1 fully saturated rings. The number of amides is 1. The summed E-state index contributed by atoms with van der Waals surface area (Å²) in [6, 6.07) is 6.00. The molecule has 1 aromatic rings. The molecule has 0 bridgehead atoms. The van der Waals surface area contributed by atoms with Crippen molar-refractivity contribution in [2.75, 3.05) is 6.61 Å². The number of benzene rings is 1. The summed E-state index contributed by atoms with van der Waals surface area (Å²) in [6.45, 7) is 4.03. The van der Waals surface area contributed by atoms with Gasteiger partial charge >= 0.3 is 6.09 Å². The van der Waals surface area contributed by atoms with Gasteiger partial charge in [0.05, 0.1) is 16.5 Å². The summed E-state index contributed by atoms with van der Waals surface area (Å²) in [7, 11) is 0. The maximum atomic E-state index is 11.3. The van der Waals surface area contributed by atoms with Crippen molar-refractivity contribution in [2.24, 2.45) is 5.41 Å². The molecule has 0 aromatic heterocycles. The van der Waals surface area contributed by atoms with Crippen LogP contribution in [0.25, 0.3) is 0 Å². The lowest BCUT2D eigenvalue weighted by molar-refractivity contribution is -0.386. The molecule has 0 saturated carbocycles. The normalized spacial score (nSPS) is 20.7. The van der Waals surface area contributed by atoms with Crippen molar-refractivity contribution in [1.29, 1.82) is 0 Å². The van der Waals surface area contributed by atoms with Gasteiger partial charge in [-0.1, -0.05) is 32.0 Å². The van der Waals surface area contributed by atoms with E-state index in [2.05, 4.69) is 5.32 Å². The molecule has 0 radical (unpaired) electrons. The van der Waals surface area contributed by atoms with E-state index in [1.807, 2.05) is 13.8 Å². The van der Waals surface area contributed by atoms with E-state index in [-0.39, 0.29) is 24.7 Å². The van der Waals surface area contributed by atoms with Crippen molar-refractivity contribution in [2.45, 2.75) is 19.9 Å². The third kappa shape index (κ3) is 2.96. The van der Waals surface area contributed by atoms with Crippen LogP contribution in [0.4, 0.5) is 10.5 Å². The van der Waals surface area contributed by atoms with E-state index in [0.29, 0.717) is 5.56 Å². The molecule has 7 heteroatoms. The Morgan fingerprint density at radius 2 is 2.05 bits per heavy atom. The van der Waals surface area contributed by atoms with Gasteiger partial charge in [-0.2, -0.15) is 0 Å². The third-order valence-electron chi connectivity index (χ3n) is 3.06. The van der Waals surface area contributed by atoms with E-state index in [4.69, 9.17) is 4.74 Å². The molecule has 1 amide bonds. The molecule has 19 heavy (non-hydrogen) atoms. The van der Waals surface area contributed by atoms with Gasteiger partial charge in [-0.15, -0.1) is 12.4 Å². The zero-order valence-electron chi connectivity index (χ0n) is 10.6. The van der Waals surface area contributed by atoms with Gasteiger partial charge in [0.1, 0.15) is 6.61 Å². The van der Waals surface area contributed by atoms with E-state index in [1.54, 1.807) is 18.2 Å². The van der Waals surface area contributed by atoms with Crippen LogP contribution in [0.5, 0.6) is 0 Å². The molecule has 1 aliphatic rings. The molecule has 0 aliphatic carbocycles. The number of carbonyl (C=O) groups excluding carboxylic acids is 1. The Kier molecular flexibility index (Phi) is 4.36. The Bertz CT molecular complexity index is 504. The Labute approximate surface area is 116 Å². The number of nitro benzene ring substituents is 1. The minimum absolute atomic E-state index is 0. The van der Waals surface area contributed by atoms with Gasteiger partial charge in [0.25, 0.3) is 5.69 Å². The number of carbonyl (C=O) groups is 1. The maximum Gasteiger partial charge on any atom is 0.407 e. The van der Waals surface area contributed by atoms with Crippen LogP contribution in [0.15, 0.2) is 24.3 Å². The minimum atomic E-state index is -0.544. The average Bonchev–Trinajstić information content (AvgIpc) is 2.32. The molecule has 6 nitrogen and oxygen atoms in total. The molecule has 104 valence electrons. The number of hydrogen-bond acceptors (Lipinski definition) is 4. The van der Waals surface area contributed by atoms with Crippen molar-refractivity contribution in [3.05, 3.63) is 39.9 Å². The molecule has 1 N–H and O–H groups in total. The molecule has 1 saturated heterocycles. The number of hydrogen-bond donors (Lipinski definition) is 1. The number of nitrogens with zero attached hydrogens (tertiary/aromatic N) is 1. The highest BCUT2D eigenvalue weighted by Gasteiger charge is 2.40. The zero-order valence-corrected chi connectivity index (χ0v) is 11.4. The van der Waals surface area contributed by atoms with E-state index in [1.165, 1.54) is 6.07 Å². The molecule has 1 heterocycles. The Morgan fingerprint density at radius 3 is 2.68 bits per heavy atom. The van der Waals surface area contributed by atoms with Crippen molar-refractivity contribution in [1.82, 2.24) is 5.32 Å². The molecular weight excluding hydrogens is 272 g/mol. The Hall–Kier alpha value is -1.82. The summed E-state index contributed by atoms with van der Waals surface area (Å²) in [4.78, 5) is 21.9. The fourth-order valence-electron chi connectivity index (χ4n) is 2.09. The molecule has 0 spiro atoms. The number of para-hydroxylation sites is 1. The van der Waals surface area contributed by atoms with Crippen molar-refractivity contribution in [3.8, 4) is 0 Å². The number of cyclic esters (lactones) is 1. The van der Waals surface area contributed by atoms with Gasteiger partial charge in [-0.3, -0.25) is 10.1 Å². The van der Waals surface area contributed by atoms with Crippen LogP contribution in [0.3, 0.4) is 0 Å². The lowest BCUT2D eigenvalue weighted by Crippen LogP contribution is -2.47. The minimum Gasteiger partial charge on any atom is -0.449 e. The third-order valence-corrected chi connectivity index (χ3v) is 3.06. The monoisotopic (exact) mass is 286 g/mol. The quantitative estimate of drug-likeness (QED) is 0.669. The number of alkyl carbamates (subject to hydrolysis) is 1. The van der Waals surface area contributed by atoms with Gasteiger partial charge in [0.15, 0.2) is 0 Å². The zero-order chi connectivity index (χ0) is 13.3. The first kappa shape index (κ1) is 15.2. The molecule has 1 atom stereocenters. The molecule has 1 aliphatic heterocycles. The van der Waals surface area contributed by atoms with Gasteiger partial charge in [-0.25, -0.2) is 4.79 Å². The lowest BCUT2D eigenvalue weighted by Gasteiger charge is -2.38. The molecule has 0 unspecified atom stereocenters. The highest BCUT2D eigenvalue weighted by Crippen LogP contribution is 2.39. The highest BCUT2D eigenvalue weighted by atomic mass is 35.5. The largest absolute Gasteiger partial charge is 0.449 e. The van der Waals surface area contributed by atoms with E-state index >= 15 is 0 Å². The topological polar surface area (TPSA) is 81.5 Å². The summed E-state index contributed by atoms with van der Waals surface area (Å²) in [6.07, 6.45) is -0.544. The first-order chi connectivity index (χ1) is 8.42. The second-order valence-electron chi connectivity index (χ2n) is 4.96. The summed E-state index contributed by atoms with van der Waals surface area (Å²) in [5, 5.41) is 13.7. The highest BCUT2D eigenvalue weighted by molar-refractivity contribution is 5.85. The fourth-order valence-corrected chi connectivity index (χ4v) is 2.09. The van der Waals surface area contributed by atoms with Crippen molar-refractivity contribution >= 4 is 24.2 Å². The molecular formula is C12H15ClN2O4. The SMILES string of the molecule is CC1(C)COC(=O)N[C@H]1c1ccccc1[N+](=O)[O-].Cl. The van der Waals surface area contributed by atoms with Crippen LogP contribution in [-0.4, -0.2) is 17.6 Å². The number of ether oxygens (including phenoxy) is 1. The lowest BCUT2D eigenvalue weighted by atomic mass is 9.80. The number of nitro groups is 1. The number of rotatable bonds is 2. The predicted octanol–water partition coefficient (Wildman–Crippen LogP) is 2.82. The van der Waals surface area contributed by atoms with Crippen molar-refractivity contribution in [3.63, 3.8) is 0 Å².